The average Bonchev–Trinajstić information content (AvgIpc) is 3.24. The molecule has 9 nitrogen and oxygen atoms in total. The zero-order valence-corrected chi connectivity index (χ0v) is 19.5. The standard InChI is InChI=1S/C26H25N5O4/c1-29-15-19(21-20(35-2)8-7-18(22(21)29)24(27)33)23(32)26(34)31-13-11-30(12-14-31)25-17-6-4-3-5-16(17)9-10-28-25/h3-10,15H,11-14H2,1-2H3,(H2,27,33). The minimum absolute atomic E-state index is 0.186. The third kappa shape index (κ3) is 3.74. The van der Waals surface area contributed by atoms with Crippen molar-refractivity contribution in [3.8, 4) is 5.75 Å². The van der Waals surface area contributed by atoms with Gasteiger partial charge in [-0.3, -0.25) is 14.4 Å². The van der Waals surface area contributed by atoms with E-state index in [1.54, 1.807) is 41.0 Å². The maximum Gasteiger partial charge on any atom is 0.295 e. The van der Waals surface area contributed by atoms with Crippen molar-refractivity contribution < 1.29 is 19.1 Å². The number of fused-ring (bicyclic) bond motifs is 2. The molecule has 4 aromatic rings. The Morgan fingerprint density at radius 2 is 1.71 bits per heavy atom. The molecule has 0 radical (unpaired) electrons. The summed E-state index contributed by atoms with van der Waals surface area (Å²) < 4.78 is 7.06. The highest BCUT2D eigenvalue weighted by Gasteiger charge is 2.31. The van der Waals surface area contributed by atoms with Gasteiger partial charge in [0.05, 0.1) is 29.1 Å². The third-order valence-electron chi connectivity index (χ3n) is 6.53. The number of benzene rings is 2. The smallest absolute Gasteiger partial charge is 0.295 e. The summed E-state index contributed by atoms with van der Waals surface area (Å²) in [4.78, 5) is 46.8. The molecule has 1 fully saturated rings. The number of nitrogens with zero attached hydrogens (tertiary/aromatic N) is 4. The first-order valence-electron chi connectivity index (χ1n) is 11.3. The second kappa shape index (κ2) is 8.75. The SMILES string of the molecule is COc1ccc(C(N)=O)c2c1c(C(=O)C(=O)N1CCN(c3nccc4ccccc34)CC1)cn2C. The van der Waals surface area contributed by atoms with E-state index in [2.05, 4.69) is 9.88 Å². The predicted molar refractivity (Wildman–Crippen MR) is 133 cm³/mol. The summed E-state index contributed by atoms with van der Waals surface area (Å²) in [6.07, 6.45) is 3.34. The number of pyridine rings is 1. The Morgan fingerprint density at radius 1 is 0.971 bits per heavy atom. The van der Waals surface area contributed by atoms with Crippen LogP contribution in [0.5, 0.6) is 5.75 Å². The fraction of sp³-hybridized carbons (Fsp3) is 0.231. The number of methoxy groups -OCH3 is 1. The first-order valence-corrected chi connectivity index (χ1v) is 11.3. The van der Waals surface area contributed by atoms with Gasteiger partial charge < -0.3 is 24.8 Å². The summed E-state index contributed by atoms with van der Waals surface area (Å²) >= 11 is 0. The molecule has 0 atom stereocenters. The van der Waals surface area contributed by atoms with E-state index in [4.69, 9.17) is 10.5 Å². The lowest BCUT2D eigenvalue weighted by Crippen LogP contribution is -2.50. The summed E-state index contributed by atoms with van der Waals surface area (Å²) in [5, 5.41) is 2.56. The van der Waals surface area contributed by atoms with Crippen LogP contribution in [0.2, 0.25) is 0 Å². The molecular weight excluding hydrogens is 446 g/mol. The molecule has 5 rings (SSSR count). The second-order valence-electron chi connectivity index (χ2n) is 8.52. The highest BCUT2D eigenvalue weighted by Crippen LogP contribution is 2.33. The van der Waals surface area contributed by atoms with Crippen molar-refractivity contribution in [2.45, 2.75) is 0 Å². The number of nitrogens with two attached hydrogens (primary N) is 1. The quantitative estimate of drug-likeness (QED) is 0.353. The Morgan fingerprint density at radius 3 is 2.43 bits per heavy atom. The molecule has 35 heavy (non-hydrogen) atoms. The van der Waals surface area contributed by atoms with Crippen molar-refractivity contribution in [3.63, 3.8) is 0 Å². The molecule has 3 heterocycles. The van der Waals surface area contributed by atoms with Crippen LogP contribution in [0.15, 0.2) is 54.9 Å². The molecule has 0 bridgehead atoms. The van der Waals surface area contributed by atoms with Crippen molar-refractivity contribution in [1.29, 1.82) is 0 Å². The minimum atomic E-state index is -0.646. The van der Waals surface area contributed by atoms with Crippen LogP contribution >= 0.6 is 0 Å². The number of rotatable bonds is 5. The lowest BCUT2D eigenvalue weighted by atomic mass is 10.0. The molecule has 2 aromatic carbocycles. The van der Waals surface area contributed by atoms with Gasteiger partial charge in [0.1, 0.15) is 11.6 Å². The molecule has 178 valence electrons. The Bertz CT molecular complexity index is 1480. The molecule has 2 aromatic heterocycles. The molecule has 1 aliphatic heterocycles. The Balaban J connectivity index is 1.40. The zero-order valence-electron chi connectivity index (χ0n) is 19.5. The lowest BCUT2D eigenvalue weighted by molar-refractivity contribution is -0.126. The Hall–Kier alpha value is -4.40. The molecule has 0 spiro atoms. The number of aryl methyl sites for hydroxylation is 1. The lowest BCUT2D eigenvalue weighted by Gasteiger charge is -2.35. The number of carbonyl (C=O) groups is 3. The molecule has 0 unspecified atom stereocenters. The van der Waals surface area contributed by atoms with Gasteiger partial charge in [-0.1, -0.05) is 24.3 Å². The van der Waals surface area contributed by atoms with E-state index >= 15 is 0 Å². The summed E-state index contributed by atoms with van der Waals surface area (Å²) in [5.41, 5.74) is 6.43. The minimum Gasteiger partial charge on any atom is -0.496 e. The largest absolute Gasteiger partial charge is 0.496 e. The van der Waals surface area contributed by atoms with E-state index in [-0.39, 0.29) is 11.1 Å². The third-order valence-corrected chi connectivity index (χ3v) is 6.53. The van der Waals surface area contributed by atoms with Crippen LogP contribution in [-0.4, -0.2) is 65.3 Å². The Kier molecular flexibility index (Phi) is 5.60. The molecule has 1 aliphatic rings. The monoisotopic (exact) mass is 471 g/mol. The normalized spacial score (nSPS) is 13.9. The van der Waals surface area contributed by atoms with Crippen LogP contribution < -0.4 is 15.4 Å². The van der Waals surface area contributed by atoms with Crippen LogP contribution in [0.3, 0.4) is 0 Å². The summed E-state index contributed by atoms with van der Waals surface area (Å²) in [6.45, 7) is 1.91. The number of hydrogen-bond acceptors (Lipinski definition) is 6. The highest BCUT2D eigenvalue weighted by molar-refractivity contribution is 6.45. The van der Waals surface area contributed by atoms with Gasteiger partial charge in [0.25, 0.3) is 17.6 Å². The highest BCUT2D eigenvalue weighted by atomic mass is 16.5. The molecule has 1 saturated heterocycles. The van der Waals surface area contributed by atoms with E-state index < -0.39 is 17.6 Å². The average molecular weight is 472 g/mol. The maximum atomic E-state index is 13.3. The van der Waals surface area contributed by atoms with Crippen LogP contribution in [0.4, 0.5) is 5.82 Å². The van der Waals surface area contributed by atoms with Crippen LogP contribution in [0.1, 0.15) is 20.7 Å². The van der Waals surface area contributed by atoms with Crippen molar-refractivity contribution in [3.05, 3.63) is 66.0 Å². The number of piperazine rings is 1. The fourth-order valence-corrected chi connectivity index (χ4v) is 4.80. The van der Waals surface area contributed by atoms with Gasteiger partial charge >= 0.3 is 0 Å². The van der Waals surface area contributed by atoms with Gasteiger partial charge in [-0.15, -0.1) is 0 Å². The summed E-state index contributed by atoms with van der Waals surface area (Å²) in [5.74, 6) is -0.586. The number of aromatic nitrogens is 2. The molecule has 2 amide bonds. The predicted octanol–water partition coefficient (Wildman–Crippen LogP) is 2.37. The topological polar surface area (TPSA) is 111 Å². The number of anilines is 1. The van der Waals surface area contributed by atoms with Crippen molar-refractivity contribution in [1.82, 2.24) is 14.5 Å². The fourth-order valence-electron chi connectivity index (χ4n) is 4.80. The van der Waals surface area contributed by atoms with Gasteiger partial charge in [0.2, 0.25) is 0 Å². The zero-order chi connectivity index (χ0) is 24.7. The number of Topliss-reactive ketones (excluding diaryl/α,β-unsaturated/α-hetero) is 1. The van der Waals surface area contributed by atoms with E-state index in [0.717, 1.165) is 16.6 Å². The van der Waals surface area contributed by atoms with Gasteiger partial charge in [-0.05, 0) is 23.6 Å². The van der Waals surface area contributed by atoms with Crippen LogP contribution in [0, 0.1) is 0 Å². The molecular formula is C26H25N5O4. The van der Waals surface area contributed by atoms with Gasteiger partial charge in [0.15, 0.2) is 0 Å². The van der Waals surface area contributed by atoms with Gasteiger partial charge in [0, 0.05) is 51.0 Å². The van der Waals surface area contributed by atoms with Crippen molar-refractivity contribution in [2.24, 2.45) is 12.8 Å². The number of primary amides is 1. The number of hydrogen-bond donors (Lipinski definition) is 1. The number of ether oxygens (including phenoxy) is 1. The van der Waals surface area contributed by atoms with E-state index in [1.807, 2.05) is 30.3 Å². The van der Waals surface area contributed by atoms with E-state index in [1.165, 1.54) is 7.11 Å². The van der Waals surface area contributed by atoms with Crippen molar-refractivity contribution >= 4 is 45.1 Å². The van der Waals surface area contributed by atoms with Crippen LogP contribution in [-0.2, 0) is 11.8 Å². The summed E-state index contributed by atoms with van der Waals surface area (Å²) in [7, 11) is 3.17. The second-order valence-corrected chi connectivity index (χ2v) is 8.52. The van der Waals surface area contributed by atoms with E-state index in [0.29, 0.717) is 42.8 Å². The number of amides is 2. The Labute approximate surface area is 201 Å². The van der Waals surface area contributed by atoms with E-state index in [9.17, 15) is 14.4 Å². The first-order chi connectivity index (χ1) is 16.9. The number of ketones is 1. The first kappa shape index (κ1) is 22.4. The van der Waals surface area contributed by atoms with Crippen molar-refractivity contribution in [2.75, 3.05) is 38.2 Å². The maximum absolute atomic E-state index is 13.3. The molecule has 9 heteroatoms. The summed E-state index contributed by atoms with van der Waals surface area (Å²) in [6, 6.07) is 13.2. The van der Waals surface area contributed by atoms with Crippen LogP contribution in [0.25, 0.3) is 21.7 Å². The molecule has 0 aliphatic carbocycles. The molecule has 0 saturated carbocycles. The van der Waals surface area contributed by atoms with Gasteiger partial charge in [-0.2, -0.15) is 0 Å². The van der Waals surface area contributed by atoms with Gasteiger partial charge in [-0.25, -0.2) is 4.98 Å². The number of carbonyl (C=O) groups excluding carboxylic acids is 3. The molecule has 2 N–H and O–H groups in total.